The monoisotopic (exact) mass is 218 g/mol. The maximum absolute atomic E-state index is 11.6. The van der Waals surface area contributed by atoms with Crippen molar-refractivity contribution in [1.29, 1.82) is 0 Å². The lowest BCUT2D eigenvalue weighted by atomic mass is 10.4. The predicted molar refractivity (Wildman–Crippen MR) is 57.3 cm³/mol. The van der Waals surface area contributed by atoms with Crippen LogP contribution in [0.25, 0.3) is 0 Å². The molecule has 0 atom stereocenters. The van der Waals surface area contributed by atoms with Gasteiger partial charge in [0, 0.05) is 6.20 Å². The van der Waals surface area contributed by atoms with Crippen LogP contribution in [0.2, 0.25) is 0 Å². The predicted octanol–water partition coefficient (Wildman–Crippen LogP) is 1.07. The summed E-state index contributed by atoms with van der Waals surface area (Å²) < 4.78 is 4.96. The molecule has 2 heterocycles. The molecule has 2 rings (SSSR count). The number of amides is 1. The van der Waals surface area contributed by atoms with Gasteiger partial charge in [-0.25, -0.2) is 4.98 Å². The maximum Gasteiger partial charge on any atom is 0.274 e. The Bertz CT molecular complexity index is 464. The summed E-state index contributed by atoms with van der Waals surface area (Å²) in [5, 5.41) is 8.87. The Morgan fingerprint density at radius 1 is 1.44 bits per heavy atom. The number of aromatic amines is 1. The molecule has 0 aromatic carbocycles. The van der Waals surface area contributed by atoms with Gasteiger partial charge < -0.3 is 10.1 Å². The second-order valence-electron chi connectivity index (χ2n) is 3.01. The van der Waals surface area contributed by atoms with Crippen molar-refractivity contribution in [3.05, 3.63) is 36.3 Å². The smallest absolute Gasteiger partial charge is 0.274 e. The SMILES string of the molecule is COc1ccc(NC(=O)c2ccn[nH]2)nc1. The molecule has 0 fully saturated rings. The Balaban J connectivity index is 2.06. The van der Waals surface area contributed by atoms with Gasteiger partial charge in [0.15, 0.2) is 0 Å². The number of hydrogen-bond acceptors (Lipinski definition) is 4. The summed E-state index contributed by atoms with van der Waals surface area (Å²) in [7, 11) is 1.56. The number of anilines is 1. The third-order valence-electron chi connectivity index (χ3n) is 1.96. The van der Waals surface area contributed by atoms with Gasteiger partial charge in [0.2, 0.25) is 0 Å². The molecule has 0 unspecified atom stereocenters. The van der Waals surface area contributed by atoms with Crippen LogP contribution in [0.3, 0.4) is 0 Å². The summed E-state index contributed by atoms with van der Waals surface area (Å²) in [6.45, 7) is 0. The van der Waals surface area contributed by atoms with Crippen LogP contribution in [0.4, 0.5) is 5.82 Å². The third-order valence-corrected chi connectivity index (χ3v) is 1.96. The number of methoxy groups -OCH3 is 1. The third kappa shape index (κ3) is 2.17. The molecule has 0 saturated carbocycles. The maximum atomic E-state index is 11.6. The van der Waals surface area contributed by atoms with Crippen LogP contribution in [0, 0.1) is 0 Å². The van der Waals surface area contributed by atoms with E-state index in [0.717, 1.165) is 0 Å². The fraction of sp³-hybridized carbons (Fsp3) is 0.100. The lowest BCUT2D eigenvalue weighted by Crippen LogP contribution is -2.13. The molecule has 0 radical (unpaired) electrons. The minimum Gasteiger partial charge on any atom is -0.495 e. The Labute approximate surface area is 91.7 Å². The number of carbonyl (C=O) groups excluding carboxylic acids is 1. The zero-order valence-electron chi connectivity index (χ0n) is 8.60. The lowest BCUT2D eigenvalue weighted by Gasteiger charge is -2.03. The average molecular weight is 218 g/mol. The van der Waals surface area contributed by atoms with Gasteiger partial charge in [-0.1, -0.05) is 0 Å². The summed E-state index contributed by atoms with van der Waals surface area (Å²) in [6.07, 6.45) is 3.04. The molecule has 0 bridgehead atoms. The number of nitrogens with zero attached hydrogens (tertiary/aromatic N) is 2. The summed E-state index contributed by atoms with van der Waals surface area (Å²) in [4.78, 5) is 15.6. The van der Waals surface area contributed by atoms with E-state index in [2.05, 4.69) is 20.5 Å². The van der Waals surface area contributed by atoms with Crippen LogP contribution in [-0.2, 0) is 0 Å². The lowest BCUT2D eigenvalue weighted by molar-refractivity contribution is 0.102. The molecule has 6 nitrogen and oxygen atoms in total. The fourth-order valence-electron chi connectivity index (χ4n) is 1.14. The number of H-pyrrole nitrogens is 1. The standard InChI is InChI=1S/C10H10N4O2/c1-16-7-2-3-9(11-6-7)13-10(15)8-4-5-12-14-8/h2-6H,1H3,(H,12,14)(H,11,13,15). The molecule has 0 aliphatic rings. The van der Waals surface area contributed by atoms with Crippen LogP contribution < -0.4 is 10.1 Å². The van der Waals surface area contributed by atoms with Gasteiger partial charge in [-0.05, 0) is 18.2 Å². The van der Waals surface area contributed by atoms with Gasteiger partial charge >= 0.3 is 0 Å². The molecular weight excluding hydrogens is 208 g/mol. The molecule has 82 valence electrons. The van der Waals surface area contributed by atoms with E-state index < -0.39 is 0 Å². The van der Waals surface area contributed by atoms with Crippen molar-refractivity contribution >= 4 is 11.7 Å². The Hall–Kier alpha value is -2.37. The van der Waals surface area contributed by atoms with E-state index in [0.29, 0.717) is 17.3 Å². The van der Waals surface area contributed by atoms with E-state index in [1.807, 2.05) is 0 Å². The van der Waals surface area contributed by atoms with Gasteiger partial charge in [0.25, 0.3) is 5.91 Å². The van der Waals surface area contributed by atoms with Gasteiger partial charge in [-0.3, -0.25) is 9.89 Å². The quantitative estimate of drug-likeness (QED) is 0.807. The number of pyridine rings is 1. The van der Waals surface area contributed by atoms with E-state index in [-0.39, 0.29) is 5.91 Å². The Kier molecular flexibility index (Phi) is 2.81. The number of carbonyl (C=O) groups is 1. The zero-order chi connectivity index (χ0) is 11.4. The van der Waals surface area contributed by atoms with Gasteiger partial charge in [0.1, 0.15) is 17.3 Å². The largest absolute Gasteiger partial charge is 0.495 e. The van der Waals surface area contributed by atoms with E-state index in [9.17, 15) is 4.79 Å². The van der Waals surface area contributed by atoms with E-state index in [1.165, 1.54) is 12.4 Å². The summed E-state index contributed by atoms with van der Waals surface area (Å²) >= 11 is 0. The van der Waals surface area contributed by atoms with Crippen LogP contribution in [0.1, 0.15) is 10.5 Å². The summed E-state index contributed by atoms with van der Waals surface area (Å²) in [5.41, 5.74) is 0.387. The molecule has 1 amide bonds. The van der Waals surface area contributed by atoms with Crippen LogP contribution >= 0.6 is 0 Å². The second kappa shape index (κ2) is 4.43. The van der Waals surface area contributed by atoms with Crippen molar-refractivity contribution in [1.82, 2.24) is 15.2 Å². The van der Waals surface area contributed by atoms with Gasteiger partial charge in [-0.2, -0.15) is 5.10 Å². The normalized spacial score (nSPS) is 9.81. The van der Waals surface area contributed by atoms with Crippen LogP contribution in [0.5, 0.6) is 5.75 Å². The van der Waals surface area contributed by atoms with Gasteiger partial charge in [0.05, 0.1) is 13.3 Å². The fourth-order valence-corrected chi connectivity index (χ4v) is 1.14. The summed E-state index contributed by atoms with van der Waals surface area (Å²) in [6, 6.07) is 4.96. The highest BCUT2D eigenvalue weighted by molar-refractivity contribution is 6.02. The Morgan fingerprint density at radius 2 is 2.31 bits per heavy atom. The molecule has 0 aliphatic carbocycles. The van der Waals surface area contributed by atoms with E-state index in [1.54, 1.807) is 25.3 Å². The van der Waals surface area contributed by atoms with Crippen molar-refractivity contribution in [3.63, 3.8) is 0 Å². The highest BCUT2D eigenvalue weighted by atomic mass is 16.5. The highest BCUT2D eigenvalue weighted by Crippen LogP contribution is 2.11. The van der Waals surface area contributed by atoms with Crippen molar-refractivity contribution in [3.8, 4) is 5.75 Å². The Morgan fingerprint density at radius 3 is 2.88 bits per heavy atom. The van der Waals surface area contributed by atoms with E-state index in [4.69, 9.17) is 4.74 Å². The minimum atomic E-state index is -0.282. The number of hydrogen-bond donors (Lipinski definition) is 2. The average Bonchev–Trinajstić information content (AvgIpc) is 2.83. The minimum absolute atomic E-state index is 0.282. The number of rotatable bonds is 3. The first-order valence-electron chi connectivity index (χ1n) is 4.60. The molecule has 0 spiro atoms. The molecule has 0 saturated heterocycles. The van der Waals surface area contributed by atoms with Crippen molar-refractivity contribution in [2.45, 2.75) is 0 Å². The molecule has 0 aliphatic heterocycles. The topological polar surface area (TPSA) is 79.9 Å². The molecule has 6 heteroatoms. The molecule has 2 aromatic heterocycles. The van der Waals surface area contributed by atoms with Crippen LogP contribution in [-0.4, -0.2) is 28.2 Å². The molecule has 16 heavy (non-hydrogen) atoms. The first kappa shape index (κ1) is 10.2. The number of ether oxygens (including phenoxy) is 1. The van der Waals surface area contributed by atoms with E-state index >= 15 is 0 Å². The highest BCUT2D eigenvalue weighted by Gasteiger charge is 2.07. The second-order valence-corrected chi connectivity index (χ2v) is 3.01. The van der Waals surface area contributed by atoms with Crippen molar-refractivity contribution in [2.75, 3.05) is 12.4 Å². The first-order chi connectivity index (χ1) is 7.79. The number of aromatic nitrogens is 3. The van der Waals surface area contributed by atoms with Crippen LogP contribution in [0.15, 0.2) is 30.6 Å². The van der Waals surface area contributed by atoms with Gasteiger partial charge in [-0.15, -0.1) is 0 Å². The van der Waals surface area contributed by atoms with Crippen molar-refractivity contribution in [2.24, 2.45) is 0 Å². The van der Waals surface area contributed by atoms with Crippen molar-refractivity contribution < 1.29 is 9.53 Å². The molecule has 2 aromatic rings. The zero-order valence-corrected chi connectivity index (χ0v) is 8.60. The molecular formula is C10H10N4O2. The summed E-state index contributed by atoms with van der Waals surface area (Å²) in [5.74, 6) is 0.815. The molecule has 2 N–H and O–H groups in total. The number of nitrogens with one attached hydrogen (secondary N) is 2. The first-order valence-corrected chi connectivity index (χ1v) is 4.60.